The Balaban J connectivity index is 1.63. The Labute approximate surface area is 214 Å². The lowest BCUT2D eigenvalue weighted by atomic mass is 9.63. The Bertz CT molecular complexity index is 1170. The predicted octanol–water partition coefficient (Wildman–Crippen LogP) is 2.88. The quantitative estimate of drug-likeness (QED) is 0.479. The molecule has 1 aliphatic heterocycles. The van der Waals surface area contributed by atoms with Crippen LogP contribution in [0.25, 0.3) is 0 Å². The van der Waals surface area contributed by atoms with Crippen molar-refractivity contribution in [1.29, 1.82) is 0 Å². The van der Waals surface area contributed by atoms with Crippen LogP contribution in [0.4, 0.5) is 4.39 Å². The van der Waals surface area contributed by atoms with Crippen molar-refractivity contribution in [3.05, 3.63) is 75.5 Å². The van der Waals surface area contributed by atoms with Gasteiger partial charge >= 0.3 is 0 Å². The third kappa shape index (κ3) is 5.58. The molecular weight excluding hydrogens is 479 g/mol. The summed E-state index contributed by atoms with van der Waals surface area (Å²) in [6.45, 7) is 3.03. The van der Waals surface area contributed by atoms with Crippen LogP contribution < -0.4 is 11.1 Å². The van der Waals surface area contributed by atoms with Crippen molar-refractivity contribution in [3.8, 4) is 0 Å². The number of rotatable bonds is 9. The number of halogens is 1. The lowest BCUT2D eigenvalue weighted by Gasteiger charge is -2.42. The fraction of sp³-hybridized carbons (Fsp3) is 0.444. The molecule has 1 saturated heterocycles. The number of aliphatic hydroxyl groups excluding tert-OH is 1. The standard InChI is InChI=1S/C27H33FN4O3S/c1-17-16-36-23(31-17)15-32(2)25(34)19-7-4-10-27(14-19,26(29)35)21(24(33)22-9-5-11-30-22)13-18-6-3-8-20(28)12-18/h3-4,6-8,10,12,16,21-22,24,30,33H,5,9,11,13-15H2,1-2H3,(H2,29,35)/t21-,22-,24-,27?/m1/s1. The minimum atomic E-state index is -1.31. The van der Waals surface area contributed by atoms with E-state index in [1.807, 2.05) is 12.3 Å². The van der Waals surface area contributed by atoms with E-state index in [0.717, 1.165) is 30.1 Å². The summed E-state index contributed by atoms with van der Waals surface area (Å²) in [6.07, 6.45) is 6.14. The molecule has 36 heavy (non-hydrogen) atoms. The maximum atomic E-state index is 14.0. The summed E-state index contributed by atoms with van der Waals surface area (Å²) < 4.78 is 14.0. The van der Waals surface area contributed by atoms with E-state index >= 15 is 0 Å². The van der Waals surface area contributed by atoms with Crippen LogP contribution in [0.2, 0.25) is 0 Å². The van der Waals surface area contributed by atoms with Gasteiger partial charge in [-0.15, -0.1) is 11.3 Å². The maximum Gasteiger partial charge on any atom is 0.249 e. The fourth-order valence-electron chi connectivity index (χ4n) is 5.33. The molecule has 192 valence electrons. The second kappa shape index (κ2) is 11.0. The predicted molar refractivity (Wildman–Crippen MR) is 137 cm³/mol. The Hall–Kier alpha value is -2.88. The van der Waals surface area contributed by atoms with Crippen LogP contribution in [0.15, 0.2) is 53.4 Å². The number of nitrogens with zero attached hydrogens (tertiary/aromatic N) is 2. The molecule has 1 aromatic carbocycles. The van der Waals surface area contributed by atoms with Gasteiger partial charge in [0.25, 0.3) is 0 Å². The zero-order valence-electron chi connectivity index (χ0n) is 20.6. The Morgan fingerprint density at radius 1 is 1.42 bits per heavy atom. The summed E-state index contributed by atoms with van der Waals surface area (Å²) in [5.41, 5.74) is 6.71. The van der Waals surface area contributed by atoms with Crippen molar-refractivity contribution < 1.29 is 19.1 Å². The van der Waals surface area contributed by atoms with Gasteiger partial charge in [-0.2, -0.15) is 0 Å². The number of carbonyl (C=O) groups excluding carboxylic acids is 2. The van der Waals surface area contributed by atoms with Gasteiger partial charge in [0.1, 0.15) is 10.8 Å². The van der Waals surface area contributed by atoms with Gasteiger partial charge in [0.2, 0.25) is 11.8 Å². The molecule has 1 fully saturated rings. The van der Waals surface area contributed by atoms with Crippen molar-refractivity contribution in [1.82, 2.24) is 15.2 Å². The molecule has 0 bridgehead atoms. The minimum absolute atomic E-state index is 0.0582. The number of amides is 2. The second-order valence-electron chi connectivity index (χ2n) is 9.81. The third-order valence-electron chi connectivity index (χ3n) is 7.22. The summed E-state index contributed by atoms with van der Waals surface area (Å²) in [5.74, 6) is -1.89. The van der Waals surface area contributed by atoms with Gasteiger partial charge in [0, 0.05) is 35.7 Å². The molecule has 2 aromatic rings. The third-order valence-corrected chi connectivity index (χ3v) is 8.17. The molecule has 1 aliphatic carbocycles. The number of allylic oxidation sites excluding steroid dienone is 2. The Kier molecular flexibility index (Phi) is 8.02. The lowest BCUT2D eigenvalue weighted by molar-refractivity contribution is -0.132. The average molecular weight is 513 g/mol. The highest BCUT2D eigenvalue weighted by atomic mass is 32.1. The first kappa shape index (κ1) is 26.2. The number of aryl methyl sites for hydroxylation is 1. The SMILES string of the molecule is Cc1csc(CN(C)C(=O)C2=CC=CC(C(N)=O)([C@H](Cc3cccc(F)c3)[C@@H](O)[C@H]3CCCN3)C2)n1. The Morgan fingerprint density at radius 2 is 2.22 bits per heavy atom. The topological polar surface area (TPSA) is 109 Å². The van der Waals surface area contributed by atoms with Gasteiger partial charge in [-0.3, -0.25) is 9.59 Å². The number of carbonyl (C=O) groups is 2. The largest absolute Gasteiger partial charge is 0.391 e. The van der Waals surface area contributed by atoms with Gasteiger partial charge in [0.15, 0.2) is 0 Å². The van der Waals surface area contributed by atoms with Crippen molar-refractivity contribution >= 4 is 23.2 Å². The first-order valence-electron chi connectivity index (χ1n) is 12.2. The van der Waals surface area contributed by atoms with Crippen LogP contribution >= 0.6 is 11.3 Å². The van der Waals surface area contributed by atoms with Crippen molar-refractivity contribution in [2.24, 2.45) is 17.1 Å². The van der Waals surface area contributed by atoms with Crippen LogP contribution in [-0.2, 0) is 22.6 Å². The normalized spacial score (nSPS) is 23.2. The molecule has 4 rings (SSSR count). The number of thiazole rings is 1. The minimum Gasteiger partial charge on any atom is -0.391 e. The molecule has 0 saturated carbocycles. The van der Waals surface area contributed by atoms with Crippen LogP contribution in [0.5, 0.6) is 0 Å². The average Bonchev–Trinajstić information content (AvgIpc) is 3.53. The highest BCUT2D eigenvalue weighted by Gasteiger charge is 2.49. The monoisotopic (exact) mass is 512 g/mol. The second-order valence-corrected chi connectivity index (χ2v) is 10.8. The first-order chi connectivity index (χ1) is 17.2. The zero-order valence-corrected chi connectivity index (χ0v) is 21.4. The molecule has 4 N–H and O–H groups in total. The smallest absolute Gasteiger partial charge is 0.249 e. The number of benzene rings is 1. The van der Waals surface area contributed by atoms with E-state index < -0.39 is 23.3 Å². The molecule has 2 heterocycles. The number of hydrogen-bond donors (Lipinski definition) is 3. The Morgan fingerprint density at radius 3 is 2.86 bits per heavy atom. The molecule has 2 amide bonds. The molecule has 7 nitrogen and oxygen atoms in total. The number of nitrogens with one attached hydrogen (secondary N) is 1. The van der Waals surface area contributed by atoms with Crippen molar-refractivity contribution in [2.45, 2.75) is 51.3 Å². The molecule has 0 radical (unpaired) electrons. The molecule has 4 atom stereocenters. The number of likely N-dealkylation sites (N-methyl/N-ethyl adjacent to an activating group) is 1. The molecule has 0 spiro atoms. The van der Waals surface area contributed by atoms with Crippen LogP contribution in [0.3, 0.4) is 0 Å². The molecular formula is C27H33FN4O3S. The van der Waals surface area contributed by atoms with Gasteiger partial charge in [-0.1, -0.05) is 30.4 Å². The number of primary amides is 1. The summed E-state index contributed by atoms with van der Waals surface area (Å²) in [6, 6.07) is 5.94. The molecule has 1 aromatic heterocycles. The van der Waals surface area contributed by atoms with E-state index in [1.165, 1.54) is 23.5 Å². The summed E-state index contributed by atoms with van der Waals surface area (Å²) >= 11 is 1.49. The fourth-order valence-corrected chi connectivity index (χ4v) is 6.15. The van der Waals surface area contributed by atoms with E-state index in [2.05, 4.69) is 10.3 Å². The van der Waals surface area contributed by atoms with E-state index in [9.17, 15) is 19.1 Å². The molecule has 1 unspecified atom stereocenters. The summed E-state index contributed by atoms with van der Waals surface area (Å²) in [7, 11) is 1.70. The van der Waals surface area contributed by atoms with Gasteiger partial charge in [-0.25, -0.2) is 9.37 Å². The number of aliphatic hydroxyl groups is 1. The van der Waals surface area contributed by atoms with E-state index in [-0.39, 0.29) is 30.6 Å². The van der Waals surface area contributed by atoms with E-state index in [0.29, 0.717) is 17.7 Å². The van der Waals surface area contributed by atoms with Crippen LogP contribution in [0, 0.1) is 24.1 Å². The van der Waals surface area contributed by atoms with Gasteiger partial charge in [-0.05, 0) is 56.8 Å². The highest BCUT2D eigenvalue weighted by Crippen LogP contribution is 2.44. The molecule has 9 heteroatoms. The highest BCUT2D eigenvalue weighted by molar-refractivity contribution is 7.09. The number of hydrogen-bond acceptors (Lipinski definition) is 6. The van der Waals surface area contributed by atoms with E-state index in [1.54, 1.807) is 42.3 Å². The number of aromatic nitrogens is 1. The van der Waals surface area contributed by atoms with Gasteiger partial charge in [0.05, 0.1) is 18.1 Å². The van der Waals surface area contributed by atoms with Gasteiger partial charge < -0.3 is 21.1 Å². The molecule has 2 aliphatic rings. The maximum absolute atomic E-state index is 14.0. The van der Waals surface area contributed by atoms with Crippen molar-refractivity contribution in [3.63, 3.8) is 0 Å². The van der Waals surface area contributed by atoms with E-state index in [4.69, 9.17) is 5.73 Å². The zero-order chi connectivity index (χ0) is 25.9. The first-order valence-corrected chi connectivity index (χ1v) is 13.1. The lowest BCUT2D eigenvalue weighted by Crippen LogP contribution is -2.53. The summed E-state index contributed by atoms with van der Waals surface area (Å²) in [5, 5.41) is 17.6. The van der Waals surface area contributed by atoms with Crippen LogP contribution in [-0.4, -0.2) is 52.5 Å². The number of nitrogens with two attached hydrogens (primary N) is 1. The van der Waals surface area contributed by atoms with Crippen LogP contribution in [0.1, 0.15) is 35.5 Å². The van der Waals surface area contributed by atoms with Crippen molar-refractivity contribution in [2.75, 3.05) is 13.6 Å². The summed E-state index contributed by atoms with van der Waals surface area (Å²) in [4.78, 5) is 32.5.